The number of carbonyl (C=O) groups is 1. The fraction of sp³-hybridized carbons (Fsp3) is 0.318. The Balaban J connectivity index is 1.57. The molecule has 2 N–H and O–H groups in total. The molecule has 0 spiro atoms. The van der Waals surface area contributed by atoms with E-state index >= 15 is 0 Å². The molecule has 30 heavy (non-hydrogen) atoms. The summed E-state index contributed by atoms with van der Waals surface area (Å²) in [5, 5.41) is 3.37. The number of benzene rings is 2. The van der Waals surface area contributed by atoms with Crippen molar-refractivity contribution < 1.29 is 14.3 Å². The van der Waals surface area contributed by atoms with Gasteiger partial charge in [0.05, 0.1) is 30.7 Å². The molecular weight excluding hydrogens is 402 g/mol. The van der Waals surface area contributed by atoms with Crippen LogP contribution >= 0.6 is 12.2 Å². The molecule has 4 rings (SSSR count). The number of H-pyrrole nitrogens is 1. The second kappa shape index (κ2) is 8.81. The van der Waals surface area contributed by atoms with E-state index < -0.39 is 0 Å². The molecule has 2 aromatic carbocycles. The Morgan fingerprint density at radius 3 is 2.80 bits per heavy atom. The topological polar surface area (TPSA) is 85.3 Å². The van der Waals surface area contributed by atoms with Crippen LogP contribution in [-0.2, 0) is 11.3 Å². The summed E-state index contributed by atoms with van der Waals surface area (Å²) in [5.74, 6) is 0.550. The number of amides is 1. The fourth-order valence-electron chi connectivity index (χ4n) is 3.57. The van der Waals surface area contributed by atoms with Gasteiger partial charge in [-0.1, -0.05) is 12.1 Å². The first-order valence-electron chi connectivity index (χ1n) is 9.85. The monoisotopic (exact) mass is 425 g/mol. The van der Waals surface area contributed by atoms with E-state index in [9.17, 15) is 9.59 Å². The maximum Gasteiger partial charge on any atom is 0.262 e. The van der Waals surface area contributed by atoms with E-state index in [4.69, 9.17) is 21.7 Å². The average Bonchev–Trinajstić information content (AvgIpc) is 3.28. The van der Waals surface area contributed by atoms with Crippen molar-refractivity contribution >= 4 is 29.0 Å². The summed E-state index contributed by atoms with van der Waals surface area (Å²) in [4.78, 5) is 28.6. The Labute approximate surface area is 178 Å². The van der Waals surface area contributed by atoms with Crippen molar-refractivity contribution in [2.45, 2.75) is 25.5 Å². The predicted octanol–water partition coefficient (Wildman–Crippen LogP) is 3.02. The molecule has 1 saturated heterocycles. The van der Waals surface area contributed by atoms with Crippen molar-refractivity contribution in [3.8, 4) is 5.75 Å². The molecule has 0 bridgehead atoms. The number of hydrogen-bond acceptors (Lipinski definition) is 5. The molecule has 0 aliphatic carbocycles. The third kappa shape index (κ3) is 4.29. The number of aromatic amines is 1. The van der Waals surface area contributed by atoms with Gasteiger partial charge in [0.15, 0.2) is 4.77 Å². The van der Waals surface area contributed by atoms with Crippen LogP contribution in [0.1, 0.15) is 28.8 Å². The van der Waals surface area contributed by atoms with E-state index in [2.05, 4.69) is 10.3 Å². The lowest BCUT2D eigenvalue weighted by atomic mass is 10.1. The second-order valence-corrected chi connectivity index (χ2v) is 7.66. The Morgan fingerprint density at radius 1 is 1.30 bits per heavy atom. The largest absolute Gasteiger partial charge is 0.497 e. The van der Waals surface area contributed by atoms with Crippen LogP contribution in [0.4, 0.5) is 0 Å². The minimum Gasteiger partial charge on any atom is -0.497 e. The first-order valence-corrected chi connectivity index (χ1v) is 10.3. The van der Waals surface area contributed by atoms with E-state index in [-0.39, 0.29) is 17.6 Å². The summed E-state index contributed by atoms with van der Waals surface area (Å²) in [6.07, 6.45) is 2.06. The summed E-state index contributed by atoms with van der Waals surface area (Å²) in [5.41, 5.74) is 1.75. The van der Waals surface area contributed by atoms with E-state index in [1.54, 1.807) is 25.3 Å². The van der Waals surface area contributed by atoms with Gasteiger partial charge in [-0.15, -0.1) is 0 Å². The van der Waals surface area contributed by atoms with Gasteiger partial charge >= 0.3 is 0 Å². The number of rotatable bonds is 6. The zero-order chi connectivity index (χ0) is 21.1. The normalized spacial score (nSPS) is 16.0. The lowest BCUT2D eigenvalue weighted by Gasteiger charge is -2.12. The number of aromatic nitrogens is 2. The van der Waals surface area contributed by atoms with Gasteiger partial charge in [0.25, 0.3) is 11.5 Å². The summed E-state index contributed by atoms with van der Waals surface area (Å²) >= 11 is 5.41. The van der Waals surface area contributed by atoms with Crippen LogP contribution < -0.4 is 15.6 Å². The maximum absolute atomic E-state index is 13.0. The molecule has 1 amide bonds. The van der Waals surface area contributed by atoms with Gasteiger partial charge in [0.2, 0.25) is 0 Å². The van der Waals surface area contributed by atoms with E-state index in [0.717, 1.165) is 30.8 Å². The van der Waals surface area contributed by atoms with Gasteiger partial charge in [0, 0.05) is 18.7 Å². The number of nitrogens with one attached hydrogen (secondary N) is 2. The van der Waals surface area contributed by atoms with Crippen molar-refractivity contribution in [1.29, 1.82) is 0 Å². The third-order valence-corrected chi connectivity index (χ3v) is 5.58. The smallest absolute Gasteiger partial charge is 0.262 e. The Hall–Kier alpha value is -2.97. The lowest BCUT2D eigenvalue weighted by Crippen LogP contribution is -2.31. The van der Waals surface area contributed by atoms with Crippen LogP contribution in [0.15, 0.2) is 47.3 Å². The number of hydrogen-bond donors (Lipinski definition) is 2. The molecule has 0 unspecified atom stereocenters. The number of carbonyl (C=O) groups excluding carboxylic acids is 1. The molecule has 156 valence electrons. The highest BCUT2D eigenvalue weighted by Crippen LogP contribution is 2.15. The van der Waals surface area contributed by atoms with E-state index in [0.29, 0.717) is 34.3 Å². The minimum absolute atomic E-state index is 0.0744. The van der Waals surface area contributed by atoms with Gasteiger partial charge in [0.1, 0.15) is 5.75 Å². The Kier molecular flexibility index (Phi) is 5.96. The summed E-state index contributed by atoms with van der Waals surface area (Å²) in [6, 6.07) is 12.5. The van der Waals surface area contributed by atoms with Gasteiger partial charge in [-0.25, -0.2) is 0 Å². The third-order valence-electron chi connectivity index (χ3n) is 5.26. The summed E-state index contributed by atoms with van der Waals surface area (Å²) in [7, 11) is 1.61. The van der Waals surface area contributed by atoms with Crippen molar-refractivity contribution in [1.82, 2.24) is 14.9 Å². The molecule has 8 heteroatoms. The number of fused-ring (bicyclic) bond motifs is 1. The van der Waals surface area contributed by atoms with Crippen molar-refractivity contribution in [3.63, 3.8) is 0 Å². The highest BCUT2D eigenvalue weighted by atomic mass is 32.1. The summed E-state index contributed by atoms with van der Waals surface area (Å²) < 4.78 is 12.5. The van der Waals surface area contributed by atoms with Crippen molar-refractivity contribution in [2.75, 3.05) is 20.3 Å². The van der Waals surface area contributed by atoms with Crippen LogP contribution in [0.2, 0.25) is 0 Å². The first kappa shape index (κ1) is 20.3. The molecule has 3 aromatic rings. The van der Waals surface area contributed by atoms with Gasteiger partial charge in [-0.2, -0.15) is 0 Å². The quantitative estimate of drug-likeness (QED) is 0.593. The molecule has 1 atom stereocenters. The zero-order valence-electron chi connectivity index (χ0n) is 16.6. The molecule has 1 aliphatic rings. The van der Waals surface area contributed by atoms with Crippen LogP contribution in [0.3, 0.4) is 0 Å². The van der Waals surface area contributed by atoms with Gasteiger partial charge < -0.3 is 19.8 Å². The predicted molar refractivity (Wildman–Crippen MR) is 117 cm³/mol. The maximum atomic E-state index is 13.0. The molecule has 1 aromatic heterocycles. The lowest BCUT2D eigenvalue weighted by molar-refractivity contribution is 0.0858. The molecule has 1 aliphatic heterocycles. The zero-order valence-corrected chi connectivity index (χ0v) is 17.5. The molecule has 1 fully saturated rings. The van der Waals surface area contributed by atoms with Crippen molar-refractivity contribution in [2.24, 2.45) is 0 Å². The molecule has 7 nitrogen and oxygen atoms in total. The number of ether oxygens (including phenoxy) is 2. The standard InChI is InChI=1S/C22H23N3O4S/c1-28-16-7-4-14(5-8-16)13-25-21(27)18-9-6-15(11-19(18)24-22(25)30)20(26)23-12-17-3-2-10-29-17/h4-9,11,17H,2-3,10,12-13H2,1H3,(H,23,26)(H,24,30)/t17-/m0/s1. The number of methoxy groups -OCH3 is 1. The highest BCUT2D eigenvalue weighted by Gasteiger charge is 2.17. The van der Waals surface area contributed by atoms with Crippen LogP contribution in [0.25, 0.3) is 10.9 Å². The second-order valence-electron chi connectivity index (χ2n) is 7.27. The first-order chi connectivity index (χ1) is 14.5. The van der Waals surface area contributed by atoms with Gasteiger partial charge in [-0.05, 0) is 61.0 Å². The van der Waals surface area contributed by atoms with Crippen LogP contribution in [0.5, 0.6) is 5.75 Å². The minimum atomic E-state index is -0.200. The SMILES string of the molecule is COc1ccc(Cn2c(=S)[nH]c3cc(C(=O)NC[C@@H]4CCCO4)ccc3c2=O)cc1. The molecule has 0 radical (unpaired) electrons. The number of nitrogens with zero attached hydrogens (tertiary/aromatic N) is 1. The molecular formula is C22H23N3O4S. The molecule has 0 saturated carbocycles. The van der Waals surface area contributed by atoms with Gasteiger partial charge in [-0.3, -0.25) is 14.2 Å². The highest BCUT2D eigenvalue weighted by molar-refractivity contribution is 7.71. The fourth-order valence-corrected chi connectivity index (χ4v) is 3.82. The van der Waals surface area contributed by atoms with Crippen LogP contribution in [0, 0.1) is 4.77 Å². The summed E-state index contributed by atoms with van der Waals surface area (Å²) in [6.45, 7) is 1.57. The molecule has 2 heterocycles. The van der Waals surface area contributed by atoms with E-state index in [1.807, 2.05) is 24.3 Å². The Bertz CT molecular complexity index is 1180. The average molecular weight is 426 g/mol. The van der Waals surface area contributed by atoms with E-state index in [1.165, 1.54) is 4.57 Å². The van der Waals surface area contributed by atoms with Crippen molar-refractivity contribution in [3.05, 3.63) is 68.7 Å². The van der Waals surface area contributed by atoms with Crippen LogP contribution in [-0.4, -0.2) is 41.8 Å². The Morgan fingerprint density at radius 2 is 2.10 bits per heavy atom.